The predicted octanol–water partition coefficient (Wildman–Crippen LogP) is 1.96. The Balaban J connectivity index is -0.000000166. The molecule has 0 atom stereocenters. The van der Waals surface area contributed by atoms with Crippen LogP contribution in [-0.4, -0.2) is 36.1 Å². The number of Topliss-reactive ketones (excluding diaryl/α,β-unsaturated/α-hetero) is 2. The summed E-state index contributed by atoms with van der Waals surface area (Å²) in [4.78, 5) is 24.7. The maximum Gasteiger partial charge on any atom is 1.00 e. The average molecular weight is 354 g/mol. The van der Waals surface area contributed by atoms with Crippen LogP contribution in [0, 0.1) is 21.8 Å². The standard InChI is InChI=1S/C14H26NO2.C3H8.2CH3.K/c1-4-8-14(17)9-7-11-15(6-3)12-10-13(16)5-2;1-3-2;;;/h2,4-12H2,1,3H3;3H2,1-2H3;2*1H3;/q-1;;2*-1;+1. The Morgan fingerprint density at radius 3 is 1.78 bits per heavy atom. The third-order valence-electron chi connectivity index (χ3n) is 2.89. The van der Waals surface area contributed by atoms with Crippen LogP contribution in [0.4, 0.5) is 0 Å². The van der Waals surface area contributed by atoms with Crippen molar-refractivity contribution in [2.45, 2.75) is 72.6 Å². The van der Waals surface area contributed by atoms with Gasteiger partial charge in [0, 0.05) is 25.8 Å². The van der Waals surface area contributed by atoms with Crippen molar-refractivity contribution in [2.75, 3.05) is 19.6 Å². The van der Waals surface area contributed by atoms with Crippen molar-refractivity contribution in [3.05, 3.63) is 21.8 Å². The summed E-state index contributed by atoms with van der Waals surface area (Å²) < 4.78 is 0. The van der Waals surface area contributed by atoms with E-state index in [2.05, 4.69) is 32.6 Å². The fourth-order valence-corrected chi connectivity index (χ4v) is 1.74. The van der Waals surface area contributed by atoms with Crippen molar-refractivity contribution >= 4 is 11.6 Å². The minimum absolute atomic E-state index is 0. The molecule has 0 saturated carbocycles. The second kappa shape index (κ2) is 27.8. The van der Waals surface area contributed by atoms with Gasteiger partial charge in [-0.05, 0) is 25.9 Å². The monoisotopic (exact) mass is 353 g/mol. The maximum absolute atomic E-state index is 11.3. The smallest absolute Gasteiger partial charge is 0.358 e. The zero-order chi connectivity index (χ0) is 15.8. The van der Waals surface area contributed by atoms with Crippen molar-refractivity contribution in [3.63, 3.8) is 0 Å². The van der Waals surface area contributed by atoms with E-state index in [0.29, 0.717) is 31.5 Å². The van der Waals surface area contributed by atoms with E-state index in [-0.39, 0.29) is 72.0 Å². The molecule has 0 radical (unpaired) electrons. The summed E-state index contributed by atoms with van der Waals surface area (Å²) in [5.74, 6) is 0.572. The molecule has 3 nitrogen and oxygen atoms in total. The molecule has 0 heterocycles. The topological polar surface area (TPSA) is 37.4 Å². The summed E-state index contributed by atoms with van der Waals surface area (Å²) in [5.41, 5.74) is 0. The Labute approximate surface area is 189 Å². The van der Waals surface area contributed by atoms with Crippen molar-refractivity contribution in [1.82, 2.24) is 4.90 Å². The van der Waals surface area contributed by atoms with Gasteiger partial charge in [0.25, 0.3) is 0 Å². The first-order chi connectivity index (χ1) is 9.55. The quantitative estimate of drug-likeness (QED) is 0.421. The normalized spacial score (nSPS) is 8.78. The largest absolute Gasteiger partial charge is 1.00 e. The van der Waals surface area contributed by atoms with Crippen molar-refractivity contribution in [3.8, 4) is 0 Å². The molecule has 0 spiro atoms. The van der Waals surface area contributed by atoms with Crippen LogP contribution < -0.4 is 51.4 Å². The molecular formula is C19H40KNO2-2. The van der Waals surface area contributed by atoms with Crippen LogP contribution >= 0.6 is 0 Å². The molecular weight excluding hydrogens is 313 g/mol. The van der Waals surface area contributed by atoms with E-state index in [1.165, 1.54) is 6.42 Å². The number of ketones is 2. The Morgan fingerprint density at radius 1 is 0.870 bits per heavy atom. The molecule has 0 amide bonds. The molecule has 0 fully saturated rings. The molecule has 136 valence electrons. The van der Waals surface area contributed by atoms with Crippen molar-refractivity contribution < 1.29 is 61.0 Å². The Bertz CT molecular complexity index is 246. The van der Waals surface area contributed by atoms with Gasteiger partial charge in [-0.15, -0.1) is 6.42 Å². The van der Waals surface area contributed by atoms with Crippen molar-refractivity contribution in [1.29, 1.82) is 0 Å². The molecule has 0 aromatic heterocycles. The van der Waals surface area contributed by atoms with Gasteiger partial charge in [0.1, 0.15) is 11.6 Å². The number of hydrogen-bond donors (Lipinski definition) is 0. The molecule has 0 rings (SSSR count). The van der Waals surface area contributed by atoms with Crippen LogP contribution in [0.25, 0.3) is 0 Å². The molecule has 0 aromatic carbocycles. The fraction of sp³-hybridized carbons (Fsp3) is 0.737. The molecule has 0 aromatic rings. The third kappa shape index (κ3) is 28.0. The van der Waals surface area contributed by atoms with Crippen molar-refractivity contribution in [2.24, 2.45) is 0 Å². The molecule has 0 bridgehead atoms. The summed E-state index contributed by atoms with van der Waals surface area (Å²) in [6.07, 6.45) is 5.44. The summed E-state index contributed by atoms with van der Waals surface area (Å²) in [6, 6.07) is 0. The first kappa shape index (κ1) is 35.1. The van der Waals surface area contributed by atoms with Gasteiger partial charge in [0.15, 0.2) is 0 Å². The second-order valence-corrected chi connectivity index (χ2v) is 5.07. The van der Waals surface area contributed by atoms with Gasteiger partial charge in [0.2, 0.25) is 0 Å². The van der Waals surface area contributed by atoms with Gasteiger partial charge < -0.3 is 31.5 Å². The zero-order valence-electron chi connectivity index (χ0n) is 17.0. The Morgan fingerprint density at radius 2 is 1.39 bits per heavy atom. The number of nitrogens with zero attached hydrogens (tertiary/aromatic N) is 1. The number of carbonyl (C=O) groups is 2. The minimum atomic E-state index is 0. The van der Waals surface area contributed by atoms with Crippen LogP contribution in [0.15, 0.2) is 0 Å². The molecule has 0 aliphatic carbocycles. The third-order valence-corrected chi connectivity index (χ3v) is 2.89. The van der Waals surface area contributed by atoms with Gasteiger partial charge in [-0.3, -0.25) is 4.79 Å². The van der Waals surface area contributed by atoms with E-state index in [9.17, 15) is 9.59 Å². The van der Waals surface area contributed by atoms with E-state index in [1.54, 1.807) is 0 Å². The molecule has 23 heavy (non-hydrogen) atoms. The first-order valence-corrected chi connectivity index (χ1v) is 8.10. The summed E-state index contributed by atoms with van der Waals surface area (Å²) in [6.45, 7) is 14.6. The predicted molar refractivity (Wildman–Crippen MR) is 99.7 cm³/mol. The van der Waals surface area contributed by atoms with E-state index in [0.717, 1.165) is 32.5 Å². The maximum atomic E-state index is 11.3. The molecule has 4 heteroatoms. The number of hydrogen-bond acceptors (Lipinski definition) is 3. The molecule has 0 aliphatic rings. The Kier molecular flexibility index (Phi) is 42.4. The fourth-order valence-electron chi connectivity index (χ4n) is 1.74. The molecule has 0 unspecified atom stereocenters. The summed E-state index contributed by atoms with van der Waals surface area (Å²) in [7, 11) is 0. The van der Waals surface area contributed by atoms with Gasteiger partial charge >= 0.3 is 51.4 Å². The molecule has 0 saturated heterocycles. The second-order valence-electron chi connectivity index (χ2n) is 5.07. The SMILES string of the molecule is CCC.[CH2-]CC(=O)CCN(CC)CCCC(=O)CCC.[CH3-].[CH3-].[K+]. The number of rotatable bonds is 11. The van der Waals surface area contributed by atoms with Gasteiger partial charge in [-0.2, -0.15) is 0 Å². The van der Waals surface area contributed by atoms with E-state index in [1.807, 2.05) is 6.92 Å². The van der Waals surface area contributed by atoms with Gasteiger partial charge in [-0.1, -0.05) is 34.1 Å². The van der Waals surface area contributed by atoms with E-state index >= 15 is 0 Å². The van der Waals surface area contributed by atoms with Gasteiger partial charge in [0.05, 0.1) is 0 Å². The van der Waals surface area contributed by atoms with E-state index < -0.39 is 0 Å². The van der Waals surface area contributed by atoms with Crippen LogP contribution in [0.3, 0.4) is 0 Å². The summed E-state index contributed by atoms with van der Waals surface area (Å²) >= 11 is 0. The van der Waals surface area contributed by atoms with Crippen LogP contribution in [0.1, 0.15) is 72.6 Å². The summed E-state index contributed by atoms with van der Waals surface area (Å²) in [5, 5.41) is 0. The van der Waals surface area contributed by atoms with E-state index in [4.69, 9.17) is 0 Å². The van der Waals surface area contributed by atoms with Gasteiger partial charge in [-0.25, -0.2) is 0 Å². The zero-order valence-corrected chi connectivity index (χ0v) is 20.2. The minimum Gasteiger partial charge on any atom is -0.358 e. The number of carbonyl (C=O) groups excluding carboxylic acids is 2. The molecule has 0 aliphatic heterocycles. The Hall–Kier alpha value is 0.936. The first-order valence-electron chi connectivity index (χ1n) is 8.10. The molecule has 0 N–H and O–H groups in total. The van der Waals surface area contributed by atoms with Crippen LogP contribution in [0.5, 0.6) is 0 Å². The van der Waals surface area contributed by atoms with Crippen LogP contribution in [0.2, 0.25) is 0 Å². The van der Waals surface area contributed by atoms with Crippen LogP contribution in [-0.2, 0) is 9.59 Å². The average Bonchev–Trinajstić information content (AvgIpc) is 2.43.